The summed E-state index contributed by atoms with van der Waals surface area (Å²) in [4.78, 5) is 18.7. The van der Waals surface area contributed by atoms with Gasteiger partial charge in [0.05, 0.1) is 6.54 Å². The quantitative estimate of drug-likeness (QED) is 0.733. The molecule has 1 N–H and O–H groups in total. The molecule has 2 aliphatic heterocycles. The van der Waals surface area contributed by atoms with Crippen molar-refractivity contribution in [3.05, 3.63) is 0 Å². The van der Waals surface area contributed by atoms with Crippen LogP contribution in [-0.2, 0) is 4.79 Å². The molecule has 5 heteroatoms. The second-order valence-electron chi connectivity index (χ2n) is 5.60. The second kappa shape index (κ2) is 6.50. The Balaban J connectivity index is 1.72. The number of hydrogen-bond acceptors (Lipinski definition) is 4. The van der Waals surface area contributed by atoms with Gasteiger partial charge < -0.3 is 15.1 Å². The molecule has 5 nitrogen and oxygen atoms in total. The van der Waals surface area contributed by atoms with Crippen LogP contribution in [-0.4, -0.2) is 86.6 Å². The van der Waals surface area contributed by atoms with E-state index in [2.05, 4.69) is 29.2 Å². The summed E-state index contributed by atoms with van der Waals surface area (Å²) in [5.74, 6) is 0.305. The summed E-state index contributed by atoms with van der Waals surface area (Å²) in [5, 5.41) is 3.28. The Morgan fingerprint density at radius 3 is 2.33 bits per heavy atom. The van der Waals surface area contributed by atoms with Crippen molar-refractivity contribution in [3.63, 3.8) is 0 Å². The number of carbonyl (C=O) groups is 1. The van der Waals surface area contributed by atoms with Gasteiger partial charge in [-0.25, -0.2) is 0 Å². The number of nitrogens with zero attached hydrogens (tertiary/aromatic N) is 3. The molecule has 0 saturated carbocycles. The van der Waals surface area contributed by atoms with Gasteiger partial charge in [0.2, 0.25) is 5.91 Å². The van der Waals surface area contributed by atoms with Crippen LogP contribution in [0.5, 0.6) is 0 Å². The fourth-order valence-corrected chi connectivity index (χ4v) is 2.80. The van der Waals surface area contributed by atoms with Crippen molar-refractivity contribution < 1.29 is 4.79 Å². The van der Waals surface area contributed by atoms with Gasteiger partial charge in [0.1, 0.15) is 0 Å². The minimum atomic E-state index is 0.305. The highest BCUT2D eigenvalue weighted by Gasteiger charge is 2.24. The molecule has 2 aliphatic rings. The topological polar surface area (TPSA) is 38.8 Å². The summed E-state index contributed by atoms with van der Waals surface area (Å²) in [6.45, 7) is 6.34. The molecule has 0 unspecified atom stereocenters. The maximum Gasteiger partial charge on any atom is 0.236 e. The molecule has 0 aromatic rings. The van der Waals surface area contributed by atoms with Gasteiger partial charge in [-0.15, -0.1) is 0 Å². The largest absolute Gasteiger partial charge is 0.339 e. The number of likely N-dealkylation sites (tertiary alicyclic amines) is 1. The summed E-state index contributed by atoms with van der Waals surface area (Å²) in [5.41, 5.74) is 0. The molecular formula is C13H26N4O. The highest BCUT2D eigenvalue weighted by Crippen LogP contribution is 2.14. The first kappa shape index (κ1) is 13.8. The van der Waals surface area contributed by atoms with Crippen molar-refractivity contribution in [1.82, 2.24) is 20.0 Å². The Morgan fingerprint density at radius 1 is 1.17 bits per heavy atom. The lowest BCUT2D eigenvalue weighted by Crippen LogP contribution is -2.51. The van der Waals surface area contributed by atoms with Crippen LogP contribution >= 0.6 is 0 Å². The van der Waals surface area contributed by atoms with Crippen LogP contribution in [0, 0.1) is 0 Å². The molecule has 0 atom stereocenters. The van der Waals surface area contributed by atoms with Crippen molar-refractivity contribution in [3.8, 4) is 0 Å². The lowest BCUT2D eigenvalue weighted by molar-refractivity contribution is -0.133. The number of piperazine rings is 1. The zero-order valence-corrected chi connectivity index (χ0v) is 11.7. The van der Waals surface area contributed by atoms with E-state index in [0.717, 1.165) is 39.3 Å². The van der Waals surface area contributed by atoms with Gasteiger partial charge in [-0.2, -0.15) is 0 Å². The maximum absolute atomic E-state index is 12.1. The Kier molecular flexibility index (Phi) is 4.97. The number of amides is 1. The van der Waals surface area contributed by atoms with Crippen LogP contribution in [0.3, 0.4) is 0 Å². The van der Waals surface area contributed by atoms with Crippen molar-refractivity contribution in [2.45, 2.75) is 18.9 Å². The molecule has 0 radical (unpaired) electrons. The molecule has 18 heavy (non-hydrogen) atoms. The van der Waals surface area contributed by atoms with E-state index in [4.69, 9.17) is 0 Å². The van der Waals surface area contributed by atoms with Gasteiger partial charge in [0.15, 0.2) is 0 Å². The van der Waals surface area contributed by atoms with E-state index in [0.29, 0.717) is 18.5 Å². The first-order valence-electron chi connectivity index (χ1n) is 7.04. The van der Waals surface area contributed by atoms with E-state index in [-0.39, 0.29) is 0 Å². The summed E-state index contributed by atoms with van der Waals surface area (Å²) in [6.07, 6.45) is 2.36. The molecule has 0 aromatic carbocycles. The average molecular weight is 254 g/mol. The monoisotopic (exact) mass is 254 g/mol. The zero-order chi connectivity index (χ0) is 13.0. The van der Waals surface area contributed by atoms with Crippen LogP contribution < -0.4 is 5.32 Å². The van der Waals surface area contributed by atoms with Gasteiger partial charge in [0.25, 0.3) is 0 Å². The summed E-state index contributed by atoms with van der Waals surface area (Å²) < 4.78 is 0. The summed E-state index contributed by atoms with van der Waals surface area (Å²) >= 11 is 0. The van der Waals surface area contributed by atoms with E-state index in [1.807, 2.05) is 4.90 Å². The van der Waals surface area contributed by atoms with Gasteiger partial charge in [-0.1, -0.05) is 0 Å². The molecule has 2 heterocycles. The molecular weight excluding hydrogens is 228 g/mol. The molecule has 2 fully saturated rings. The van der Waals surface area contributed by atoms with Crippen LogP contribution in [0.15, 0.2) is 0 Å². The highest BCUT2D eigenvalue weighted by atomic mass is 16.2. The molecule has 2 rings (SSSR count). The third-order valence-electron chi connectivity index (χ3n) is 4.12. The highest BCUT2D eigenvalue weighted by molar-refractivity contribution is 5.78. The minimum absolute atomic E-state index is 0.305. The molecule has 0 aromatic heterocycles. The standard InChI is InChI=1S/C13H26N4O/c1-15(2)12-3-7-16(8-4-12)11-13(18)17-9-5-14-6-10-17/h12,14H,3-11H2,1-2H3. The van der Waals surface area contributed by atoms with Crippen LogP contribution in [0.4, 0.5) is 0 Å². The molecule has 2 saturated heterocycles. The molecule has 0 bridgehead atoms. The second-order valence-corrected chi connectivity index (χ2v) is 5.60. The van der Waals surface area contributed by atoms with Crippen LogP contribution in [0.25, 0.3) is 0 Å². The predicted molar refractivity (Wildman–Crippen MR) is 72.6 cm³/mol. The fourth-order valence-electron chi connectivity index (χ4n) is 2.80. The third kappa shape index (κ3) is 3.67. The lowest BCUT2D eigenvalue weighted by atomic mass is 10.0. The molecule has 0 aliphatic carbocycles. The Bertz CT molecular complexity index is 268. The maximum atomic E-state index is 12.1. The Hall–Kier alpha value is -0.650. The van der Waals surface area contributed by atoms with Crippen LogP contribution in [0.2, 0.25) is 0 Å². The van der Waals surface area contributed by atoms with E-state index < -0.39 is 0 Å². The first-order chi connectivity index (χ1) is 8.66. The van der Waals surface area contributed by atoms with Crippen molar-refractivity contribution in [2.24, 2.45) is 0 Å². The molecule has 0 spiro atoms. The normalized spacial score (nSPS) is 23.6. The number of rotatable bonds is 3. The predicted octanol–water partition coefficient (Wildman–Crippen LogP) is -0.556. The van der Waals surface area contributed by atoms with E-state index >= 15 is 0 Å². The van der Waals surface area contributed by atoms with Gasteiger partial charge in [-0.3, -0.25) is 9.69 Å². The third-order valence-corrected chi connectivity index (χ3v) is 4.12. The number of piperidine rings is 1. The minimum Gasteiger partial charge on any atom is -0.339 e. The SMILES string of the molecule is CN(C)C1CCN(CC(=O)N2CCNCC2)CC1. The summed E-state index contributed by atoms with van der Waals surface area (Å²) in [6, 6.07) is 0.690. The van der Waals surface area contributed by atoms with E-state index in [9.17, 15) is 4.79 Å². The average Bonchev–Trinajstić information content (AvgIpc) is 2.40. The van der Waals surface area contributed by atoms with Gasteiger partial charge >= 0.3 is 0 Å². The molecule has 1 amide bonds. The Labute approximate surface area is 110 Å². The number of hydrogen-bond donors (Lipinski definition) is 1. The van der Waals surface area contributed by atoms with Gasteiger partial charge in [-0.05, 0) is 26.9 Å². The van der Waals surface area contributed by atoms with Crippen molar-refractivity contribution in [1.29, 1.82) is 0 Å². The zero-order valence-electron chi connectivity index (χ0n) is 11.7. The van der Waals surface area contributed by atoms with Crippen LogP contribution in [0.1, 0.15) is 12.8 Å². The lowest BCUT2D eigenvalue weighted by Gasteiger charge is -2.36. The summed E-state index contributed by atoms with van der Waals surface area (Å²) in [7, 11) is 4.29. The van der Waals surface area contributed by atoms with E-state index in [1.165, 1.54) is 12.8 Å². The van der Waals surface area contributed by atoms with E-state index in [1.54, 1.807) is 0 Å². The number of nitrogens with one attached hydrogen (secondary N) is 1. The van der Waals surface area contributed by atoms with Gasteiger partial charge in [0, 0.05) is 45.3 Å². The first-order valence-corrected chi connectivity index (χ1v) is 7.04. The fraction of sp³-hybridized carbons (Fsp3) is 0.923. The number of carbonyl (C=O) groups excluding carboxylic acids is 1. The molecule has 104 valence electrons. The van der Waals surface area contributed by atoms with Crippen molar-refractivity contribution in [2.75, 3.05) is 59.9 Å². The smallest absolute Gasteiger partial charge is 0.236 e. The Morgan fingerprint density at radius 2 is 1.78 bits per heavy atom. The van der Waals surface area contributed by atoms with Crippen molar-refractivity contribution >= 4 is 5.91 Å².